The molecule has 0 atom stereocenters. The van der Waals surface area contributed by atoms with Crippen LogP contribution in [0, 0.1) is 0 Å². The van der Waals surface area contributed by atoms with Crippen LogP contribution in [0.2, 0.25) is 0 Å². The van der Waals surface area contributed by atoms with E-state index in [-0.39, 0.29) is 0 Å². The molecule has 3 rings (SSSR count). The van der Waals surface area contributed by atoms with Crippen molar-refractivity contribution in [2.75, 3.05) is 10.4 Å². The Morgan fingerprint density at radius 3 is 1.83 bits per heavy atom. The summed E-state index contributed by atoms with van der Waals surface area (Å²) in [4.78, 5) is 0. The molecule has 0 bridgehead atoms. The fraction of sp³-hybridized carbons (Fsp3) is 0.100. The van der Waals surface area contributed by atoms with Crippen molar-refractivity contribution in [3.8, 4) is 0 Å². The van der Waals surface area contributed by atoms with E-state index in [1.165, 1.54) is 5.56 Å². The van der Waals surface area contributed by atoms with Gasteiger partial charge in [0.15, 0.2) is 0 Å². The van der Waals surface area contributed by atoms with Gasteiger partial charge in [0, 0.05) is 0 Å². The maximum absolute atomic E-state index is 3.23. The summed E-state index contributed by atoms with van der Waals surface area (Å²) in [5, 5.41) is 1.99. The smallest absolute Gasteiger partial charge is 0.0592 e. The molecule has 0 amide bonds. The Morgan fingerprint density at radius 1 is 0.708 bits per heavy atom. The monoisotopic (exact) mass is 318 g/mol. The van der Waals surface area contributed by atoms with Crippen molar-refractivity contribution < 1.29 is 0 Å². The van der Waals surface area contributed by atoms with Crippen LogP contribution in [0.15, 0.2) is 84.9 Å². The van der Waals surface area contributed by atoms with Gasteiger partial charge in [0.25, 0.3) is 0 Å². The van der Waals surface area contributed by atoms with Crippen molar-refractivity contribution in [2.24, 2.45) is 0 Å². The van der Waals surface area contributed by atoms with Crippen molar-refractivity contribution in [3.05, 3.63) is 90.5 Å². The number of hydrazine groups is 3. The summed E-state index contributed by atoms with van der Waals surface area (Å²) >= 11 is 0. The van der Waals surface area contributed by atoms with E-state index in [2.05, 4.69) is 65.9 Å². The normalized spacial score (nSPS) is 10.4. The van der Waals surface area contributed by atoms with Gasteiger partial charge in [-0.15, -0.1) is 5.53 Å². The van der Waals surface area contributed by atoms with Gasteiger partial charge >= 0.3 is 0 Å². The van der Waals surface area contributed by atoms with Crippen LogP contribution in [-0.2, 0) is 6.42 Å². The van der Waals surface area contributed by atoms with Crippen molar-refractivity contribution in [1.82, 2.24) is 11.1 Å². The first kappa shape index (κ1) is 16.1. The molecule has 0 saturated carbocycles. The van der Waals surface area contributed by atoms with Gasteiger partial charge < -0.3 is 5.43 Å². The number of nitrogens with zero attached hydrogens (tertiary/aromatic N) is 1. The minimum absolute atomic E-state index is 0.978. The minimum Gasteiger partial charge on any atom is -0.307 e. The highest BCUT2D eigenvalue weighted by molar-refractivity contribution is 5.61. The Kier molecular flexibility index (Phi) is 5.45. The molecule has 0 aromatic heterocycles. The molecule has 0 unspecified atom stereocenters. The van der Waals surface area contributed by atoms with Gasteiger partial charge in [0.1, 0.15) is 0 Å². The van der Waals surface area contributed by atoms with E-state index in [0.29, 0.717) is 0 Å². The van der Waals surface area contributed by atoms with Crippen LogP contribution in [0.25, 0.3) is 0 Å². The van der Waals surface area contributed by atoms with E-state index in [0.717, 1.165) is 23.5 Å². The third-order valence-corrected chi connectivity index (χ3v) is 3.79. The zero-order valence-corrected chi connectivity index (χ0v) is 13.7. The van der Waals surface area contributed by atoms with Crippen LogP contribution in [-0.4, -0.2) is 0 Å². The first-order chi connectivity index (χ1) is 11.9. The second kappa shape index (κ2) is 8.15. The van der Waals surface area contributed by atoms with Gasteiger partial charge in [-0.2, -0.15) is 5.53 Å². The number of para-hydroxylation sites is 3. The van der Waals surface area contributed by atoms with Crippen molar-refractivity contribution >= 4 is 17.1 Å². The highest BCUT2D eigenvalue weighted by Gasteiger charge is 2.08. The highest BCUT2D eigenvalue weighted by atomic mass is 15.8. The molecule has 24 heavy (non-hydrogen) atoms. The number of rotatable bonds is 7. The van der Waals surface area contributed by atoms with Crippen molar-refractivity contribution in [1.29, 1.82) is 0 Å². The molecule has 0 aliphatic carbocycles. The first-order valence-electron chi connectivity index (χ1n) is 8.13. The standard InChI is InChI=1S/C20H22N4/c1-2-17-11-9-10-16-20(17)21-22-23-24(18-12-5-3-6-13-18)19-14-7-4-8-15-19/h3-16,21-23H,2H2,1H3. The molecule has 3 aromatic rings. The van der Waals surface area contributed by atoms with E-state index in [1.54, 1.807) is 0 Å². The molecular formula is C20H22N4. The summed E-state index contributed by atoms with van der Waals surface area (Å²) in [6, 6.07) is 28.6. The largest absolute Gasteiger partial charge is 0.307 e. The second-order valence-corrected chi connectivity index (χ2v) is 5.38. The fourth-order valence-corrected chi connectivity index (χ4v) is 2.53. The molecule has 0 radical (unpaired) electrons. The molecule has 0 spiro atoms. The van der Waals surface area contributed by atoms with Crippen molar-refractivity contribution in [2.45, 2.75) is 13.3 Å². The SMILES string of the molecule is CCc1ccccc1NNNN(c1ccccc1)c1ccccc1. The van der Waals surface area contributed by atoms with Crippen molar-refractivity contribution in [3.63, 3.8) is 0 Å². The maximum Gasteiger partial charge on any atom is 0.0592 e. The molecular weight excluding hydrogens is 296 g/mol. The number of hydrogen-bond acceptors (Lipinski definition) is 4. The van der Waals surface area contributed by atoms with E-state index < -0.39 is 0 Å². The quantitative estimate of drug-likeness (QED) is 0.564. The molecule has 0 aliphatic heterocycles. The van der Waals surface area contributed by atoms with Crippen LogP contribution in [0.5, 0.6) is 0 Å². The zero-order valence-electron chi connectivity index (χ0n) is 13.7. The Balaban J connectivity index is 1.73. The molecule has 0 aliphatic rings. The number of hydrogen-bond donors (Lipinski definition) is 3. The molecule has 0 saturated heterocycles. The first-order valence-corrected chi connectivity index (χ1v) is 8.13. The molecule has 122 valence electrons. The van der Waals surface area contributed by atoms with Gasteiger partial charge in [-0.3, -0.25) is 5.01 Å². The Morgan fingerprint density at radius 2 is 1.25 bits per heavy atom. The van der Waals surface area contributed by atoms with E-state index in [1.807, 2.05) is 47.5 Å². The third-order valence-electron chi connectivity index (χ3n) is 3.79. The van der Waals surface area contributed by atoms with E-state index >= 15 is 0 Å². The molecule has 0 heterocycles. The lowest BCUT2D eigenvalue weighted by Crippen LogP contribution is -2.47. The lowest BCUT2D eigenvalue weighted by atomic mass is 10.1. The minimum atomic E-state index is 0.978. The molecule has 4 nitrogen and oxygen atoms in total. The molecule has 4 heteroatoms. The molecule has 3 N–H and O–H groups in total. The van der Waals surface area contributed by atoms with Crippen LogP contribution >= 0.6 is 0 Å². The topological polar surface area (TPSA) is 39.3 Å². The third kappa shape index (κ3) is 3.93. The van der Waals surface area contributed by atoms with Gasteiger partial charge in [-0.1, -0.05) is 61.5 Å². The summed E-state index contributed by atoms with van der Waals surface area (Å²) in [5.74, 6) is 0. The molecule has 0 fully saturated rings. The fourth-order valence-electron chi connectivity index (χ4n) is 2.53. The predicted molar refractivity (Wildman–Crippen MR) is 101 cm³/mol. The lowest BCUT2D eigenvalue weighted by molar-refractivity contribution is 0.601. The Labute approximate surface area is 143 Å². The van der Waals surface area contributed by atoms with E-state index in [9.17, 15) is 0 Å². The van der Waals surface area contributed by atoms with Crippen LogP contribution in [0.3, 0.4) is 0 Å². The van der Waals surface area contributed by atoms with Crippen LogP contribution in [0.1, 0.15) is 12.5 Å². The van der Waals surface area contributed by atoms with Gasteiger partial charge in [0.05, 0.1) is 17.1 Å². The maximum atomic E-state index is 3.23. The second-order valence-electron chi connectivity index (χ2n) is 5.38. The lowest BCUT2D eigenvalue weighted by Gasteiger charge is -2.26. The number of nitrogens with one attached hydrogen (secondary N) is 3. The summed E-state index contributed by atoms with van der Waals surface area (Å²) in [6.07, 6.45) is 0.978. The number of anilines is 3. The summed E-state index contributed by atoms with van der Waals surface area (Å²) in [7, 11) is 0. The summed E-state index contributed by atoms with van der Waals surface area (Å²) in [6.45, 7) is 2.15. The highest BCUT2D eigenvalue weighted by Crippen LogP contribution is 2.22. The van der Waals surface area contributed by atoms with E-state index in [4.69, 9.17) is 0 Å². The average molecular weight is 318 g/mol. The van der Waals surface area contributed by atoms with Crippen LogP contribution in [0.4, 0.5) is 17.1 Å². The van der Waals surface area contributed by atoms with Gasteiger partial charge in [0.2, 0.25) is 0 Å². The summed E-state index contributed by atoms with van der Waals surface area (Å²) < 4.78 is 0. The average Bonchev–Trinajstić information content (AvgIpc) is 2.67. The zero-order chi connectivity index (χ0) is 16.6. The van der Waals surface area contributed by atoms with Gasteiger partial charge in [-0.05, 0) is 42.3 Å². The Bertz CT molecular complexity index is 704. The number of aryl methyl sites for hydroxylation is 1. The predicted octanol–water partition coefficient (Wildman–Crippen LogP) is 4.42. The van der Waals surface area contributed by atoms with Crippen LogP contribution < -0.4 is 21.5 Å². The van der Waals surface area contributed by atoms with Gasteiger partial charge in [-0.25, -0.2) is 0 Å². The number of benzene rings is 3. The summed E-state index contributed by atoms with van der Waals surface area (Å²) in [5.41, 5.74) is 14.0. The Hall–Kier alpha value is -2.82. The molecule has 3 aromatic carbocycles.